The van der Waals surface area contributed by atoms with E-state index >= 15 is 0 Å². The van der Waals surface area contributed by atoms with E-state index in [0.29, 0.717) is 23.9 Å². The van der Waals surface area contributed by atoms with Crippen LogP contribution in [-0.4, -0.2) is 64.8 Å². The molecule has 1 aromatic rings. The van der Waals surface area contributed by atoms with E-state index in [2.05, 4.69) is 15.5 Å². The molecule has 2 aliphatic heterocycles. The summed E-state index contributed by atoms with van der Waals surface area (Å²) >= 11 is 6.05. The van der Waals surface area contributed by atoms with Gasteiger partial charge in [0.15, 0.2) is 11.0 Å². The second kappa shape index (κ2) is 8.73. The highest BCUT2D eigenvalue weighted by Crippen LogP contribution is 2.38. The predicted molar refractivity (Wildman–Crippen MR) is 113 cm³/mol. The van der Waals surface area contributed by atoms with Gasteiger partial charge in [0, 0.05) is 44.2 Å². The van der Waals surface area contributed by atoms with E-state index in [-0.39, 0.29) is 24.2 Å². The van der Waals surface area contributed by atoms with Crippen LogP contribution in [-0.2, 0) is 9.53 Å². The van der Waals surface area contributed by atoms with Gasteiger partial charge in [-0.15, -0.1) is 10.2 Å². The second-order valence-electron chi connectivity index (χ2n) is 8.86. The number of hydrogen-bond acceptors (Lipinski definition) is 7. The molecule has 1 amide bonds. The number of nitrogens with zero attached hydrogens (tertiary/aromatic N) is 4. The number of fused-ring (bicyclic) bond motifs is 2. The highest BCUT2D eigenvalue weighted by atomic mass is 35.5. The number of anilines is 2. The van der Waals surface area contributed by atoms with Gasteiger partial charge in [-0.3, -0.25) is 0 Å². The van der Waals surface area contributed by atoms with Crippen molar-refractivity contribution in [3.05, 3.63) is 11.2 Å². The molecule has 2 fully saturated rings. The van der Waals surface area contributed by atoms with Crippen LogP contribution in [0.3, 0.4) is 0 Å². The molecular formula is C20H30ClN5O3. The molecule has 160 valence electrons. The van der Waals surface area contributed by atoms with Crippen molar-refractivity contribution in [2.24, 2.45) is 0 Å². The quantitative estimate of drug-likeness (QED) is 0.700. The van der Waals surface area contributed by atoms with Crippen LogP contribution < -0.4 is 10.2 Å². The van der Waals surface area contributed by atoms with Crippen LogP contribution in [0.25, 0.3) is 0 Å². The van der Waals surface area contributed by atoms with Crippen molar-refractivity contribution >= 4 is 35.5 Å². The van der Waals surface area contributed by atoms with Gasteiger partial charge in [-0.05, 0) is 46.5 Å². The number of amides is 1. The van der Waals surface area contributed by atoms with Crippen LogP contribution in [0.4, 0.5) is 16.3 Å². The number of carbonyl (C=O) groups excluding carboxylic acids is 2. The number of rotatable bonds is 6. The fourth-order valence-corrected chi connectivity index (χ4v) is 4.36. The second-order valence-corrected chi connectivity index (χ2v) is 9.25. The summed E-state index contributed by atoms with van der Waals surface area (Å²) < 4.78 is 5.61. The van der Waals surface area contributed by atoms with Crippen LogP contribution in [0.15, 0.2) is 6.07 Å². The van der Waals surface area contributed by atoms with E-state index in [1.807, 2.05) is 37.6 Å². The third-order valence-electron chi connectivity index (χ3n) is 5.42. The minimum atomic E-state index is -0.495. The Hall–Kier alpha value is -2.09. The molecule has 2 aliphatic rings. The van der Waals surface area contributed by atoms with Crippen molar-refractivity contribution in [2.45, 2.75) is 76.6 Å². The molecule has 0 radical (unpaired) electrons. The maximum atomic E-state index is 12.6. The Labute approximate surface area is 176 Å². The van der Waals surface area contributed by atoms with Crippen LogP contribution in [0.2, 0.25) is 5.15 Å². The van der Waals surface area contributed by atoms with Crippen molar-refractivity contribution in [3.8, 4) is 0 Å². The molecule has 1 N–H and O–H groups in total. The summed E-state index contributed by atoms with van der Waals surface area (Å²) in [5.41, 5.74) is 0.319. The van der Waals surface area contributed by atoms with Gasteiger partial charge in [0.25, 0.3) is 0 Å². The van der Waals surface area contributed by atoms with E-state index in [0.717, 1.165) is 37.7 Å². The number of hydrogen-bond donors (Lipinski definition) is 1. The first-order chi connectivity index (χ1) is 13.7. The lowest BCUT2D eigenvalue weighted by atomic mass is 9.97. The third-order valence-corrected chi connectivity index (χ3v) is 5.60. The molecule has 3 atom stereocenters. The molecule has 2 saturated heterocycles. The zero-order chi connectivity index (χ0) is 21.2. The molecule has 8 nitrogen and oxygen atoms in total. The molecule has 0 saturated carbocycles. The lowest BCUT2D eigenvalue weighted by Gasteiger charge is -2.40. The van der Waals surface area contributed by atoms with Crippen molar-refractivity contribution in [3.63, 3.8) is 0 Å². The first kappa shape index (κ1) is 21.6. The van der Waals surface area contributed by atoms with Gasteiger partial charge in [-0.1, -0.05) is 11.6 Å². The van der Waals surface area contributed by atoms with Gasteiger partial charge in [0.2, 0.25) is 0 Å². The molecule has 1 unspecified atom stereocenters. The smallest absolute Gasteiger partial charge is 0.410 e. The maximum absolute atomic E-state index is 12.6. The average Bonchev–Trinajstić information content (AvgIpc) is 2.91. The summed E-state index contributed by atoms with van der Waals surface area (Å²) in [6.07, 6.45) is 4.73. The summed E-state index contributed by atoms with van der Waals surface area (Å²) in [5.74, 6) is 0.651. The summed E-state index contributed by atoms with van der Waals surface area (Å²) in [6.45, 7) is 6.25. The van der Waals surface area contributed by atoms with E-state index in [1.165, 1.54) is 0 Å². The van der Waals surface area contributed by atoms with Crippen LogP contribution in [0.1, 0.15) is 52.9 Å². The average molecular weight is 424 g/mol. The molecule has 0 aliphatic carbocycles. The molecule has 0 aromatic carbocycles. The molecule has 1 aromatic heterocycles. The number of halogens is 1. The molecule has 29 heavy (non-hydrogen) atoms. The minimum absolute atomic E-state index is 0.164. The minimum Gasteiger partial charge on any atom is -0.444 e. The highest BCUT2D eigenvalue weighted by Gasteiger charge is 2.45. The summed E-state index contributed by atoms with van der Waals surface area (Å²) in [5, 5.41) is 12.0. The topological polar surface area (TPSA) is 87.7 Å². The SMILES string of the molecule is CN(CCC=O)c1cc(Cl)nnc1NC1C[C@H]2CC[C@@H](C1)N2C(=O)OC(C)(C)C. The number of aldehydes is 1. The standard InChI is InChI=1S/C20H30ClN5O3/c1-20(2,3)29-19(28)26-14-6-7-15(26)11-13(10-14)22-18-16(12-17(21)23-24-18)25(4)8-5-9-27/h9,12-15H,5-8,10-11H2,1-4H3,(H,22,24)/t13?,14-,15+. The highest BCUT2D eigenvalue weighted by molar-refractivity contribution is 6.29. The van der Waals surface area contributed by atoms with Crippen LogP contribution in [0.5, 0.6) is 0 Å². The lowest BCUT2D eigenvalue weighted by molar-refractivity contribution is -0.107. The lowest BCUT2D eigenvalue weighted by Crippen LogP contribution is -2.51. The first-order valence-corrected chi connectivity index (χ1v) is 10.5. The Balaban J connectivity index is 1.69. The molecule has 0 spiro atoms. The van der Waals surface area contributed by atoms with Gasteiger partial charge >= 0.3 is 6.09 Å². The van der Waals surface area contributed by atoms with Gasteiger partial charge in [-0.2, -0.15) is 0 Å². The normalized spacial score (nSPS) is 23.6. The van der Waals surface area contributed by atoms with Crippen molar-refractivity contribution < 1.29 is 14.3 Å². The fourth-order valence-electron chi connectivity index (χ4n) is 4.22. The Kier molecular flexibility index (Phi) is 6.51. The fraction of sp³-hybridized carbons (Fsp3) is 0.700. The molecule has 3 rings (SSSR count). The van der Waals surface area contributed by atoms with E-state index in [9.17, 15) is 9.59 Å². The van der Waals surface area contributed by atoms with Gasteiger partial charge in [-0.25, -0.2) is 4.79 Å². The summed E-state index contributed by atoms with van der Waals surface area (Å²) in [4.78, 5) is 27.2. The Bertz CT molecular complexity index is 740. The van der Waals surface area contributed by atoms with E-state index < -0.39 is 5.60 Å². The van der Waals surface area contributed by atoms with Crippen molar-refractivity contribution in [1.82, 2.24) is 15.1 Å². The van der Waals surface area contributed by atoms with E-state index in [4.69, 9.17) is 16.3 Å². The monoisotopic (exact) mass is 423 g/mol. The largest absolute Gasteiger partial charge is 0.444 e. The van der Waals surface area contributed by atoms with Crippen LogP contribution in [0, 0.1) is 0 Å². The zero-order valence-corrected chi connectivity index (χ0v) is 18.3. The zero-order valence-electron chi connectivity index (χ0n) is 17.5. The number of carbonyl (C=O) groups is 2. The number of ether oxygens (including phenoxy) is 1. The Morgan fingerprint density at radius 1 is 1.34 bits per heavy atom. The summed E-state index contributed by atoms with van der Waals surface area (Å²) in [6, 6.07) is 2.27. The predicted octanol–water partition coefficient (Wildman–Crippen LogP) is 3.50. The number of piperidine rings is 1. The molecular weight excluding hydrogens is 394 g/mol. The third kappa shape index (κ3) is 5.29. The number of aromatic nitrogens is 2. The first-order valence-electron chi connectivity index (χ1n) is 10.1. The Morgan fingerprint density at radius 2 is 2.00 bits per heavy atom. The van der Waals surface area contributed by atoms with E-state index in [1.54, 1.807) is 6.07 Å². The molecule has 2 bridgehead atoms. The number of nitrogens with one attached hydrogen (secondary N) is 1. The maximum Gasteiger partial charge on any atom is 0.410 e. The van der Waals surface area contributed by atoms with Gasteiger partial charge in [0.1, 0.15) is 11.9 Å². The Morgan fingerprint density at radius 3 is 2.59 bits per heavy atom. The van der Waals surface area contributed by atoms with Crippen molar-refractivity contribution in [2.75, 3.05) is 23.8 Å². The molecule has 9 heteroatoms. The van der Waals surface area contributed by atoms with Crippen LogP contribution >= 0.6 is 11.6 Å². The summed E-state index contributed by atoms with van der Waals surface area (Å²) in [7, 11) is 1.90. The van der Waals surface area contributed by atoms with Crippen molar-refractivity contribution in [1.29, 1.82) is 0 Å². The molecule has 3 heterocycles. The van der Waals surface area contributed by atoms with Gasteiger partial charge < -0.3 is 24.6 Å². The van der Waals surface area contributed by atoms with Gasteiger partial charge in [0.05, 0.1) is 5.69 Å².